The average molecular weight is 210 g/mol. The second kappa shape index (κ2) is 3.31. The van der Waals surface area contributed by atoms with Crippen molar-refractivity contribution in [2.24, 2.45) is 0 Å². The highest BCUT2D eigenvalue weighted by Gasteiger charge is 2.05. The highest BCUT2D eigenvalue weighted by Crippen LogP contribution is 2.28. The number of fused-ring (bicyclic) bond motifs is 3. The minimum absolute atomic E-state index is 0.145. The van der Waals surface area contributed by atoms with Crippen LogP contribution in [0.3, 0.4) is 0 Å². The summed E-state index contributed by atoms with van der Waals surface area (Å²) in [7, 11) is 0. The SMILES string of the molecule is Cc1ccc2c(F)cc3ccccc3c2c1. The molecule has 0 heterocycles. The third kappa shape index (κ3) is 1.28. The Morgan fingerprint density at radius 3 is 2.50 bits per heavy atom. The number of aryl methyl sites for hydroxylation is 1. The molecule has 0 spiro atoms. The predicted octanol–water partition coefficient (Wildman–Crippen LogP) is 4.44. The summed E-state index contributed by atoms with van der Waals surface area (Å²) < 4.78 is 13.8. The van der Waals surface area contributed by atoms with E-state index in [0.717, 1.165) is 21.7 Å². The van der Waals surface area contributed by atoms with Gasteiger partial charge in [-0.2, -0.15) is 0 Å². The predicted molar refractivity (Wildman–Crippen MR) is 66.1 cm³/mol. The Bertz CT molecular complexity index is 683. The molecule has 0 amide bonds. The normalized spacial score (nSPS) is 11.1. The van der Waals surface area contributed by atoms with Crippen LogP contribution in [0.4, 0.5) is 4.39 Å². The van der Waals surface area contributed by atoms with Crippen molar-refractivity contribution in [2.45, 2.75) is 6.92 Å². The fourth-order valence-corrected chi connectivity index (χ4v) is 2.17. The fourth-order valence-electron chi connectivity index (χ4n) is 2.17. The van der Waals surface area contributed by atoms with Gasteiger partial charge in [-0.25, -0.2) is 4.39 Å². The molecule has 3 rings (SSSR count). The van der Waals surface area contributed by atoms with Crippen LogP contribution in [0, 0.1) is 12.7 Å². The minimum Gasteiger partial charge on any atom is -0.206 e. The van der Waals surface area contributed by atoms with Crippen LogP contribution in [0.2, 0.25) is 0 Å². The van der Waals surface area contributed by atoms with E-state index >= 15 is 0 Å². The summed E-state index contributed by atoms with van der Waals surface area (Å²) in [4.78, 5) is 0. The molecule has 0 unspecified atom stereocenters. The van der Waals surface area contributed by atoms with E-state index in [0.29, 0.717) is 5.39 Å². The van der Waals surface area contributed by atoms with Crippen molar-refractivity contribution in [2.75, 3.05) is 0 Å². The van der Waals surface area contributed by atoms with Gasteiger partial charge in [0.1, 0.15) is 5.82 Å². The van der Waals surface area contributed by atoms with Gasteiger partial charge in [0, 0.05) is 5.39 Å². The quantitative estimate of drug-likeness (QED) is 0.481. The van der Waals surface area contributed by atoms with Gasteiger partial charge in [0.15, 0.2) is 0 Å². The Balaban J connectivity index is 2.61. The first kappa shape index (κ1) is 9.34. The van der Waals surface area contributed by atoms with Crippen molar-refractivity contribution in [1.82, 2.24) is 0 Å². The van der Waals surface area contributed by atoms with E-state index < -0.39 is 0 Å². The molecule has 0 saturated carbocycles. The summed E-state index contributed by atoms with van der Waals surface area (Å²) in [6.07, 6.45) is 0. The van der Waals surface area contributed by atoms with E-state index in [4.69, 9.17) is 0 Å². The molecule has 0 fully saturated rings. The van der Waals surface area contributed by atoms with Crippen molar-refractivity contribution in [3.63, 3.8) is 0 Å². The molecule has 3 aromatic rings. The summed E-state index contributed by atoms with van der Waals surface area (Å²) in [5, 5.41) is 3.76. The highest BCUT2D eigenvalue weighted by molar-refractivity contribution is 6.07. The number of hydrogen-bond donors (Lipinski definition) is 0. The Hall–Kier alpha value is -1.89. The average Bonchev–Trinajstić information content (AvgIpc) is 2.29. The number of hydrogen-bond acceptors (Lipinski definition) is 0. The van der Waals surface area contributed by atoms with Crippen LogP contribution in [0.1, 0.15) is 5.56 Å². The standard InChI is InChI=1S/C15H11F/c1-10-6-7-13-14(8-10)12-5-3-2-4-11(12)9-15(13)16/h2-9H,1H3. The molecule has 0 bridgehead atoms. The molecule has 0 aliphatic carbocycles. The smallest absolute Gasteiger partial charge is 0.131 e. The first-order chi connectivity index (χ1) is 7.75. The van der Waals surface area contributed by atoms with Crippen LogP contribution in [-0.4, -0.2) is 0 Å². The molecule has 0 nitrogen and oxygen atoms in total. The molecule has 3 aromatic carbocycles. The summed E-state index contributed by atoms with van der Waals surface area (Å²) in [5.74, 6) is -0.145. The van der Waals surface area contributed by atoms with Crippen LogP contribution in [0.5, 0.6) is 0 Å². The zero-order valence-electron chi connectivity index (χ0n) is 9.00. The molecule has 1 heteroatoms. The van der Waals surface area contributed by atoms with E-state index in [1.165, 1.54) is 0 Å². The Morgan fingerprint density at radius 2 is 1.62 bits per heavy atom. The first-order valence-electron chi connectivity index (χ1n) is 5.33. The lowest BCUT2D eigenvalue weighted by atomic mass is 10.00. The molecule has 0 saturated heterocycles. The van der Waals surface area contributed by atoms with Gasteiger partial charge in [0.25, 0.3) is 0 Å². The molecule has 0 aliphatic heterocycles. The third-order valence-corrected chi connectivity index (χ3v) is 2.97. The lowest BCUT2D eigenvalue weighted by Gasteiger charge is -2.06. The summed E-state index contributed by atoms with van der Waals surface area (Å²) >= 11 is 0. The van der Waals surface area contributed by atoms with Crippen molar-refractivity contribution < 1.29 is 4.39 Å². The molecule has 0 atom stereocenters. The van der Waals surface area contributed by atoms with E-state index in [1.54, 1.807) is 6.07 Å². The van der Waals surface area contributed by atoms with Crippen LogP contribution < -0.4 is 0 Å². The molecule has 0 N–H and O–H groups in total. The maximum atomic E-state index is 13.8. The molecule has 0 aromatic heterocycles. The molecule has 0 aliphatic rings. The fraction of sp³-hybridized carbons (Fsp3) is 0.0667. The molecular weight excluding hydrogens is 199 g/mol. The Morgan fingerprint density at radius 1 is 0.812 bits per heavy atom. The minimum atomic E-state index is -0.145. The molecule has 78 valence electrons. The van der Waals surface area contributed by atoms with Crippen LogP contribution in [0.15, 0.2) is 48.5 Å². The van der Waals surface area contributed by atoms with Crippen molar-refractivity contribution in [3.8, 4) is 0 Å². The van der Waals surface area contributed by atoms with Gasteiger partial charge in [-0.05, 0) is 29.1 Å². The monoisotopic (exact) mass is 210 g/mol. The molecule has 16 heavy (non-hydrogen) atoms. The van der Waals surface area contributed by atoms with Gasteiger partial charge >= 0.3 is 0 Å². The lowest BCUT2D eigenvalue weighted by molar-refractivity contribution is 0.641. The summed E-state index contributed by atoms with van der Waals surface area (Å²) in [6.45, 7) is 2.03. The van der Waals surface area contributed by atoms with Crippen molar-refractivity contribution in [1.29, 1.82) is 0 Å². The zero-order chi connectivity index (χ0) is 11.1. The Labute approximate surface area is 93.3 Å². The number of rotatable bonds is 0. The van der Waals surface area contributed by atoms with Crippen molar-refractivity contribution >= 4 is 21.5 Å². The van der Waals surface area contributed by atoms with E-state index in [-0.39, 0.29) is 5.82 Å². The van der Waals surface area contributed by atoms with Gasteiger partial charge in [0.05, 0.1) is 0 Å². The summed E-state index contributed by atoms with van der Waals surface area (Å²) in [6, 6.07) is 15.3. The third-order valence-electron chi connectivity index (χ3n) is 2.97. The molecular formula is C15H11F. The second-order valence-electron chi connectivity index (χ2n) is 4.13. The van der Waals surface area contributed by atoms with E-state index in [1.807, 2.05) is 49.4 Å². The topological polar surface area (TPSA) is 0 Å². The maximum Gasteiger partial charge on any atom is 0.131 e. The largest absolute Gasteiger partial charge is 0.206 e. The second-order valence-corrected chi connectivity index (χ2v) is 4.13. The van der Waals surface area contributed by atoms with Gasteiger partial charge in [-0.15, -0.1) is 0 Å². The van der Waals surface area contributed by atoms with Crippen LogP contribution in [-0.2, 0) is 0 Å². The highest BCUT2D eigenvalue weighted by atomic mass is 19.1. The van der Waals surface area contributed by atoms with Gasteiger partial charge < -0.3 is 0 Å². The zero-order valence-corrected chi connectivity index (χ0v) is 9.00. The van der Waals surface area contributed by atoms with E-state index in [2.05, 4.69) is 0 Å². The van der Waals surface area contributed by atoms with Gasteiger partial charge in [-0.1, -0.05) is 48.0 Å². The van der Waals surface area contributed by atoms with E-state index in [9.17, 15) is 4.39 Å². The van der Waals surface area contributed by atoms with Gasteiger partial charge in [-0.3, -0.25) is 0 Å². The van der Waals surface area contributed by atoms with Crippen LogP contribution in [0.25, 0.3) is 21.5 Å². The number of halogens is 1. The molecule has 0 radical (unpaired) electrons. The van der Waals surface area contributed by atoms with Gasteiger partial charge in [0.2, 0.25) is 0 Å². The maximum absolute atomic E-state index is 13.8. The first-order valence-corrected chi connectivity index (χ1v) is 5.33. The number of benzene rings is 3. The van der Waals surface area contributed by atoms with Crippen molar-refractivity contribution in [3.05, 3.63) is 59.9 Å². The Kier molecular flexibility index (Phi) is 1.93. The van der Waals surface area contributed by atoms with Crippen LogP contribution >= 0.6 is 0 Å². The lowest BCUT2D eigenvalue weighted by Crippen LogP contribution is -1.84. The summed E-state index contributed by atoms with van der Waals surface area (Å²) in [5.41, 5.74) is 1.16.